The highest BCUT2D eigenvalue weighted by Gasteiger charge is 2.26. The molecule has 0 atom stereocenters. The number of para-hydroxylation sites is 1. The lowest BCUT2D eigenvalue weighted by atomic mass is 10.3. The SMILES string of the molecule is CN(C)S(=O)(=O)c1scc(NC(=O)Nc2ccccc2)c1O. The van der Waals surface area contributed by atoms with E-state index in [1.807, 2.05) is 6.07 Å². The summed E-state index contributed by atoms with van der Waals surface area (Å²) in [5.74, 6) is -0.470. The van der Waals surface area contributed by atoms with Gasteiger partial charge in [-0.2, -0.15) is 0 Å². The molecular formula is C13H15N3O4S2. The number of sulfonamides is 1. The third-order valence-corrected chi connectivity index (χ3v) is 6.03. The van der Waals surface area contributed by atoms with E-state index >= 15 is 0 Å². The molecule has 1 aromatic carbocycles. The predicted octanol–water partition coefficient (Wildman–Crippen LogP) is 2.35. The van der Waals surface area contributed by atoms with Crippen LogP contribution in [-0.2, 0) is 10.0 Å². The van der Waals surface area contributed by atoms with Crippen molar-refractivity contribution in [1.82, 2.24) is 4.31 Å². The first-order valence-corrected chi connectivity index (χ1v) is 8.50. The number of carbonyl (C=O) groups excluding carboxylic acids is 1. The van der Waals surface area contributed by atoms with Gasteiger partial charge in [0.1, 0.15) is 0 Å². The number of amides is 2. The quantitative estimate of drug-likeness (QED) is 0.795. The lowest BCUT2D eigenvalue weighted by Crippen LogP contribution is -2.21. The van der Waals surface area contributed by atoms with Gasteiger partial charge < -0.3 is 15.7 Å². The second-order valence-corrected chi connectivity index (χ2v) is 7.74. The van der Waals surface area contributed by atoms with Crippen molar-refractivity contribution in [2.45, 2.75) is 4.21 Å². The highest BCUT2D eigenvalue weighted by molar-refractivity contribution is 7.91. The number of hydrogen-bond donors (Lipinski definition) is 3. The lowest BCUT2D eigenvalue weighted by Gasteiger charge is -2.10. The maximum Gasteiger partial charge on any atom is 0.323 e. The van der Waals surface area contributed by atoms with Gasteiger partial charge in [-0.1, -0.05) is 18.2 Å². The maximum absolute atomic E-state index is 12.0. The standard InChI is InChI=1S/C13H15N3O4S2/c1-16(2)22(19,20)12-11(17)10(8-21-12)15-13(18)14-9-6-4-3-5-7-9/h3-8,17H,1-2H3,(H2,14,15,18). The minimum atomic E-state index is -3.75. The van der Waals surface area contributed by atoms with Crippen LogP contribution in [0.25, 0.3) is 0 Å². The average molecular weight is 341 g/mol. The molecule has 22 heavy (non-hydrogen) atoms. The van der Waals surface area contributed by atoms with Crippen LogP contribution in [0.15, 0.2) is 39.9 Å². The number of anilines is 2. The van der Waals surface area contributed by atoms with E-state index in [0.29, 0.717) is 5.69 Å². The summed E-state index contributed by atoms with van der Waals surface area (Å²) >= 11 is 0.838. The van der Waals surface area contributed by atoms with Crippen molar-refractivity contribution >= 4 is 38.8 Å². The molecule has 0 saturated carbocycles. The molecule has 1 heterocycles. The van der Waals surface area contributed by atoms with Crippen LogP contribution in [0.4, 0.5) is 16.2 Å². The normalized spacial score (nSPS) is 11.4. The van der Waals surface area contributed by atoms with Crippen molar-refractivity contribution in [2.75, 3.05) is 24.7 Å². The van der Waals surface area contributed by atoms with Gasteiger partial charge in [0.05, 0.1) is 5.69 Å². The van der Waals surface area contributed by atoms with E-state index in [4.69, 9.17) is 0 Å². The van der Waals surface area contributed by atoms with E-state index in [1.165, 1.54) is 19.5 Å². The van der Waals surface area contributed by atoms with Gasteiger partial charge in [-0.3, -0.25) is 0 Å². The van der Waals surface area contributed by atoms with Crippen LogP contribution in [0.3, 0.4) is 0 Å². The Bertz CT molecular complexity index is 770. The number of thiophene rings is 1. The fraction of sp³-hybridized carbons (Fsp3) is 0.154. The van der Waals surface area contributed by atoms with Crippen LogP contribution in [0, 0.1) is 0 Å². The molecule has 0 aliphatic rings. The van der Waals surface area contributed by atoms with E-state index in [0.717, 1.165) is 15.6 Å². The zero-order chi connectivity index (χ0) is 16.3. The van der Waals surface area contributed by atoms with Gasteiger partial charge in [0.15, 0.2) is 9.96 Å². The lowest BCUT2D eigenvalue weighted by molar-refractivity contribution is 0.262. The molecule has 0 aliphatic heterocycles. The van der Waals surface area contributed by atoms with E-state index in [1.54, 1.807) is 24.3 Å². The molecule has 0 radical (unpaired) electrons. The van der Waals surface area contributed by atoms with Crippen LogP contribution >= 0.6 is 11.3 Å². The van der Waals surface area contributed by atoms with Gasteiger partial charge in [0, 0.05) is 25.2 Å². The second kappa shape index (κ2) is 6.34. The van der Waals surface area contributed by atoms with Crippen LogP contribution < -0.4 is 10.6 Å². The molecule has 1 aromatic heterocycles. The summed E-state index contributed by atoms with van der Waals surface area (Å²) in [4.78, 5) is 11.8. The smallest absolute Gasteiger partial charge is 0.323 e. The molecule has 0 saturated heterocycles. The summed E-state index contributed by atoms with van der Waals surface area (Å²) in [7, 11) is -1.02. The molecule has 0 aliphatic carbocycles. The number of benzene rings is 1. The Balaban J connectivity index is 2.15. The topological polar surface area (TPSA) is 98.7 Å². The highest BCUT2D eigenvalue weighted by Crippen LogP contribution is 2.38. The predicted molar refractivity (Wildman–Crippen MR) is 85.9 cm³/mol. The number of nitrogens with zero attached hydrogens (tertiary/aromatic N) is 1. The third-order valence-electron chi connectivity index (χ3n) is 2.73. The molecule has 3 N–H and O–H groups in total. The van der Waals surface area contributed by atoms with Crippen LogP contribution in [0.1, 0.15) is 0 Å². The van der Waals surface area contributed by atoms with Crippen molar-refractivity contribution in [1.29, 1.82) is 0 Å². The monoisotopic (exact) mass is 341 g/mol. The minimum Gasteiger partial charge on any atom is -0.504 e. The van der Waals surface area contributed by atoms with Gasteiger partial charge >= 0.3 is 6.03 Å². The number of nitrogens with one attached hydrogen (secondary N) is 2. The molecule has 0 fully saturated rings. The molecule has 2 rings (SSSR count). The van der Waals surface area contributed by atoms with Crippen LogP contribution in [-0.4, -0.2) is 38.0 Å². The summed E-state index contributed by atoms with van der Waals surface area (Å²) in [5, 5.41) is 16.4. The van der Waals surface area contributed by atoms with E-state index in [9.17, 15) is 18.3 Å². The zero-order valence-corrected chi connectivity index (χ0v) is 13.5. The van der Waals surface area contributed by atoms with E-state index < -0.39 is 21.8 Å². The van der Waals surface area contributed by atoms with Crippen molar-refractivity contribution in [3.8, 4) is 5.75 Å². The number of carbonyl (C=O) groups is 1. The van der Waals surface area contributed by atoms with Crippen molar-refractivity contribution in [3.05, 3.63) is 35.7 Å². The molecule has 0 spiro atoms. The summed E-state index contributed by atoms with van der Waals surface area (Å²) in [6, 6.07) is 8.17. The molecule has 2 amide bonds. The van der Waals surface area contributed by atoms with Gasteiger partial charge in [0.2, 0.25) is 0 Å². The number of aromatic hydroxyl groups is 1. The highest BCUT2D eigenvalue weighted by atomic mass is 32.2. The molecule has 0 bridgehead atoms. The molecule has 2 aromatic rings. The van der Waals surface area contributed by atoms with Crippen LogP contribution in [0.2, 0.25) is 0 Å². The Labute approximate surface area is 132 Å². The van der Waals surface area contributed by atoms with E-state index in [-0.39, 0.29) is 9.90 Å². The molecule has 7 nitrogen and oxygen atoms in total. The summed E-state index contributed by atoms with van der Waals surface area (Å²) in [6.07, 6.45) is 0. The summed E-state index contributed by atoms with van der Waals surface area (Å²) in [5.41, 5.74) is 0.620. The fourth-order valence-corrected chi connectivity index (χ4v) is 3.96. The molecule has 0 unspecified atom stereocenters. The Morgan fingerprint density at radius 2 is 1.82 bits per heavy atom. The minimum absolute atomic E-state index is 0.0406. The maximum atomic E-state index is 12.0. The van der Waals surface area contributed by atoms with Crippen molar-refractivity contribution < 1.29 is 18.3 Å². The second-order valence-electron chi connectivity index (χ2n) is 4.52. The van der Waals surface area contributed by atoms with Crippen molar-refractivity contribution in [3.63, 3.8) is 0 Å². The van der Waals surface area contributed by atoms with Crippen molar-refractivity contribution in [2.24, 2.45) is 0 Å². The molecule has 9 heteroatoms. The van der Waals surface area contributed by atoms with Gasteiger partial charge in [-0.25, -0.2) is 17.5 Å². The molecular weight excluding hydrogens is 326 g/mol. The van der Waals surface area contributed by atoms with Gasteiger partial charge in [-0.05, 0) is 12.1 Å². The van der Waals surface area contributed by atoms with Gasteiger partial charge in [0.25, 0.3) is 10.0 Å². The largest absolute Gasteiger partial charge is 0.504 e. The molecule has 118 valence electrons. The Morgan fingerprint density at radius 1 is 1.18 bits per heavy atom. The number of urea groups is 1. The summed E-state index contributed by atoms with van der Waals surface area (Å²) in [6.45, 7) is 0. The zero-order valence-electron chi connectivity index (χ0n) is 11.9. The Hall–Kier alpha value is -2.10. The van der Waals surface area contributed by atoms with E-state index in [2.05, 4.69) is 10.6 Å². The first-order chi connectivity index (χ1) is 10.3. The van der Waals surface area contributed by atoms with Crippen LogP contribution in [0.5, 0.6) is 5.75 Å². The first kappa shape index (κ1) is 16.3. The first-order valence-electron chi connectivity index (χ1n) is 6.18. The summed E-state index contributed by atoms with van der Waals surface area (Å²) < 4.78 is 24.8. The number of hydrogen-bond acceptors (Lipinski definition) is 5. The Morgan fingerprint density at radius 3 is 2.41 bits per heavy atom. The fourth-order valence-electron chi connectivity index (χ4n) is 1.58. The Kier molecular flexibility index (Phi) is 4.69. The van der Waals surface area contributed by atoms with Gasteiger partial charge in [-0.15, -0.1) is 11.3 Å². The average Bonchev–Trinajstić information content (AvgIpc) is 2.81. The third kappa shape index (κ3) is 3.38. The number of rotatable bonds is 4.